The van der Waals surface area contributed by atoms with Crippen LogP contribution in [0.4, 0.5) is 5.00 Å². The fraction of sp³-hybridized carbons (Fsp3) is 0.778. The van der Waals surface area contributed by atoms with E-state index in [1.165, 1.54) is 11.5 Å². The number of morpholine rings is 1. The average molecular weight is 228 g/mol. The number of ether oxygens (including phenoxy) is 1. The molecule has 1 aliphatic rings. The van der Waals surface area contributed by atoms with Gasteiger partial charge < -0.3 is 10.1 Å². The molecule has 1 aromatic heterocycles. The zero-order valence-electron chi connectivity index (χ0n) is 8.90. The summed E-state index contributed by atoms with van der Waals surface area (Å²) in [5, 5.41) is 8.53. The highest BCUT2D eigenvalue weighted by Gasteiger charge is 2.15. The fourth-order valence-corrected chi connectivity index (χ4v) is 2.22. The molecule has 15 heavy (non-hydrogen) atoms. The van der Waals surface area contributed by atoms with Crippen LogP contribution in [0.25, 0.3) is 0 Å². The van der Waals surface area contributed by atoms with Crippen LogP contribution in [0.3, 0.4) is 0 Å². The lowest BCUT2D eigenvalue weighted by Gasteiger charge is -2.25. The van der Waals surface area contributed by atoms with Crippen LogP contribution < -0.4 is 5.32 Å². The largest absolute Gasteiger partial charge is 0.379 e. The molecule has 0 saturated carbocycles. The van der Waals surface area contributed by atoms with Crippen molar-refractivity contribution in [2.75, 3.05) is 38.2 Å². The summed E-state index contributed by atoms with van der Waals surface area (Å²) in [6.45, 7) is 7.51. The quantitative estimate of drug-likeness (QED) is 0.826. The Kier molecular flexibility index (Phi) is 3.87. The molecule has 0 aromatic carbocycles. The third-order valence-corrected chi connectivity index (χ3v) is 3.10. The second-order valence-corrected chi connectivity index (χ2v) is 4.22. The van der Waals surface area contributed by atoms with Gasteiger partial charge in [-0.15, -0.1) is 5.10 Å². The van der Waals surface area contributed by atoms with Crippen molar-refractivity contribution in [2.45, 2.75) is 13.5 Å². The molecule has 0 amide bonds. The highest BCUT2D eigenvalue weighted by Crippen LogP contribution is 2.19. The van der Waals surface area contributed by atoms with Crippen molar-refractivity contribution >= 4 is 16.5 Å². The summed E-state index contributed by atoms with van der Waals surface area (Å²) < 4.78 is 9.28. The second-order valence-electron chi connectivity index (χ2n) is 3.47. The van der Waals surface area contributed by atoms with Gasteiger partial charge in [-0.3, -0.25) is 4.90 Å². The SMILES string of the molecule is CCNc1snnc1CN1CCOCC1. The number of aromatic nitrogens is 2. The number of anilines is 1. The van der Waals surface area contributed by atoms with Gasteiger partial charge in [0, 0.05) is 37.7 Å². The average Bonchev–Trinajstić information content (AvgIpc) is 2.68. The highest BCUT2D eigenvalue weighted by atomic mass is 32.1. The predicted octanol–water partition coefficient (Wildman–Crippen LogP) is 0.802. The first-order chi connectivity index (χ1) is 7.40. The number of hydrogen-bond acceptors (Lipinski definition) is 6. The Morgan fingerprint density at radius 3 is 3.00 bits per heavy atom. The minimum absolute atomic E-state index is 0.827. The zero-order chi connectivity index (χ0) is 10.5. The molecule has 1 aromatic rings. The van der Waals surface area contributed by atoms with Crippen LogP contribution >= 0.6 is 11.5 Å². The van der Waals surface area contributed by atoms with Crippen molar-refractivity contribution < 1.29 is 4.74 Å². The van der Waals surface area contributed by atoms with Gasteiger partial charge in [0.15, 0.2) is 0 Å². The monoisotopic (exact) mass is 228 g/mol. The van der Waals surface area contributed by atoms with Crippen LogP contribution in [0.15, 0.2) is 0 Å². The summed E-state index contributed by atoms with van der Waals surface area (Å²) in [5.74, 6) is 0. The molecule has 1 aliphatic heterocycles. The van der Waals surface area contributed by atoms with Gasteiger partial charge in [0.1, 0.15) is 10.7 Å². The predicted molar refractivity (Wildman–Crippen MR) is 60.2 cm³/mol. The van der Waals surface area contributed by atoms with E-state index in [2.05, 4.69) is 26.7 Å². The van der Waals surface area contributed by atoms with Crippen molar-refractivity contribution in [1.29, 1.82) is 0 Å². The lowest BCUT2D eigenvalue weighted by molar-refractivity contribution is 0.0337. The summed E-state index contributed by atoms with van der Waals surface area (Å²) in [4.78, 5) is 2.35. The van der Waals surface area contributed by atoms with E-state index in [-0.39, 0.29) is 0 Å². The van der Waals surface area contributed by atoms with E-state index < -0.39 is 0 Å². The number of hydrogen-bond donors (Lipinski definition) is 1. The molecule has 0 spiro atoms. The fourth-order valence-electron chi connectivity index (χ4n) is 1.58. The Morgan fingerprint density at radius 1 is 1.47 bits per heavy atom. The summed E-state index contributed by atoms with van der Waals surface area (Å²) in [5.41, 5.74) is 1.06. The van der Waals surface area contributed by atoms with Gasteiger partial charge in [-0.05, 0) is 6.92 Å². The Balaban J connectivity index is 1.93. The minimum atomic E-state index is 0.827. The molecule has 5 nitrogen and oxygen atoms in total. The van der Waals surface area contributed by atoms with Gasteiger partial charge in [0.05, 0.1) is 13.2 Å². The van der Waals surface area contributed by atoms with Crippen LogP contribution in [-0.2, 0) is 11.3 Å². The lowest BCUT2D eigenvalue weighted by atomic mass is 10.3. The Bertz CT molecular complexity index is 298. The standard InChI is InChI=1S/C9H16N4OS/c1-2-10-9-8(11-12-15-9)7-13-3-5-14-6-4-13/h10H,2-7H2,1H3. The summed E-state index contributed by atoms with van der Waals surface area (Å²) in [6, 6.07) is 0. The van der Waals surface area contributed by atoms with Crippen molar-refractivity contribution in [3.63, 3.8) is 0 Å². The second kappa shape index (κ2) is 5.39. The maximum Gasteiger partial charge on any atom is 0.134 e. The first-order valence-corrected chi connectivity index (χ1v) is 6.02. The summed E-state index contributed by atoms with van der Waals surface area (Å²) in [6.07, 6.45) is 0. The van der Waals surface area contributed by atoms with Gasteiger partial charge in [-0.1, -0.05) is 4.49 Å². The molecule has 2 heterocycles. The van der Waals surface area contributed by atoms with E-state index in [4.69, 9.17) is 4.74 Å². The van der Waals surface area contributed by atoms with E-state index in [1.54, 1.807) is 0 Å². The van der Waals surface area contributed by atoms with Crippen LogP contribution in [0, 0.1) is 0 Å². The number of rotatable bonds is 4. The molecule has 6 heteroatoms. The molecule has 84 valence electrons. The third kappa shape index (κ3) is 2.87. The highest BCUT2D eigenvalue weighted by molar-refractivity contribution is 7.10. The van der Waals surface area contributed by atoms with E-state index in [0.29, 0.717) is 0 Å². The minimum Gasteiger partial charge on any atom is -0.379 e. The van der Waals surface area contributed by atoms with Crippen LogP contribution in [-0.4, -0.2) is 47.3 Å². The van der Waals surface area contributed by atoms with Crippen LogP contribution in [0.1, 0.15) is 12.6 Å². The molecule has 0 radical (unpaired) electrons. The first-order valence-electron chi connectivity index (χ1n) is 5.25. The van der Waals surface area contributed by atoms with Gasteiger partial charge in [-0.2, -0.15) is 0 Å². The molecule has 0 unspecified atom stereocenters. The molecule has 0 atom stereocenters. The van der Waals surface area contributed by atoms with E-state index >= 15 is 0 Å². The molecular weight excluding hydrogens is 212 g/mol. The van der Waals surface area contributed by atoms with E-state index in [9.17, 15) is 0 Å². The van der Waals surface area contributed by atoms with E-state index in [1.807, 2.05) is 0 Å². The van der Waals surface area contributed by atoms with Crippen LogP contribution in [0.5, 0.6) is 0 Å². The lowest BCUT2D eigenvalue weighted by Crippen LogP contribution is -2.35. The summed E-state index contributed by atoms with van der Waals surface area (Å²) >= 11 is 1.43. The third-order valence-electron chi connectivity index (χ3n) is 2.37. The van der Waals surface area contributed by atoms with Gasteiger partial charge in [0.2, 0.25) is 0 Å². The van der Waals surface area contributed by atoms with Gasteiger partial charge in [0.25, 0.3) is 0 Å². The van der Waals surface area contributed by atoms with Crippen molar-refractivity contribution in [2.24, 2.45) is 0 Å². The van der Waals surface area contributed by atoms with Crippen LogP contribution in [0.2, 0.25) is 0 Å². The topological polar surface area (TPSA) is 50.3 Å². The zero-order valence-corrected chi connectivity index (χ0v) is 9.72. The van der Waals surface area contributed by atoms with Crippen molar-refractivity contribution in [3.8, 4) is 0 Å². The summed E-state index contributed by atoms with van der Waals surface area (Å²) in [7, 11) is 0. The smallest absolute Gasteiger partial charge is 0.134 e. The molecule has 0 aliphatic carbocycles. The van der Waals surface area contributed by atoms with Gasteiger partial charge >= 0.3 is 0 Å². The molecule has 1 fully saturated rings. The van der Waals surface area contributed by atoms with E-state index in [0.717, 1.165) is 50.1 Å². The van der Waals surface area contributed by atoms with Gasteiger partial charge in [-0.25, -0.2) is 0 Å². The maximum absolute atomic E-state index is 5.31. The molecule has 1 saturated heterocycles. The Morgan fingerprint density at radius 2 is 2.27 bits per heavy atom. The first kappa shape index (κ1) is 10.8. The molecule has 0 bridgehead atoms. The molecule has 1 N–H and O–H groups in total. The van der Waals surface area contributed by atoms with Crippen molar-refractivity contribution in [1.82, 2.24) is 14.5 Å². The Hall–Kier alpha value is -0.720. The normalized spacial score (nSPS) is 17.9. The number of nitrogens with zero attached hydrogens (tertiary/aromatic N) is 3. The van der Waals surface area contributed by atoms with Crippen molar-refractivity contribution in [3.05, 3.63) is 5.69 Å². The number of nitrogens with one attached hydrogen (secondary N) is 1. The molecular formula is C9H16N4OS. The Labute approximate surface area is 93.6 Å². The maximum atomic E-state index is 5.31. The molecule has 2 rings (SSSR count).